The lowest BCUT2D eigenvalue weighted by Crippen LogP contribution is -2.36. The zero-order valence-corrected chi connectivity index (χ0v) is 18.1. The Morgan fingerprint density at radius 3 is 2.54 bits per heavy atom. The molecular weight excluding hydrogens is 460 g/mol. The van der Waals surface area contributed by atoms with E-state index in [2.05, 4.69) is 79.3 Å². The molecule has 1 aliphatic rings. The Morgan fingerprint density at radius 1 is 1.12 bits per heavy atom. The highest BCUT2D eigenvalue weighted by Gasteiger charge is 2.12. The minimum Gasteiger partial charge on any atom is -0.492 e. The van der Waals surface area contributed by atoms with Crippen molar-refractivity contribution in [3.8, 4) is 5.75 Å². The topological polar surface area (TPSA) is 33.7 Å². The lowest BCUT2D eigenvalue weighted by molar-refractivity contribution is 0.122. The predicted octanol–water partition coefficient (Wildman–Crippen LogP) is 5.45. The molecule has 26 heavy (non-hydrogen) atoms. The lowest BCUT2D eigenvalue weighted by atomic mass is 10.2. The van der Waals surface area contributed by atoms with Crippen LogP contribution in [0.25, 0.3) is 0 Å². The SMILES string of the molecule is CCCOc1c(Br)cc(Br)cc1CNc1ccc(N2CCOCC2)cc1. The number of hydrogen-bond acceptors (Lipinski definition) is 4. The van der Waals surface area contributed by atoms with Gasteiger partial charge in [0.15, 0.2) is 0 Å². The molecule has 3 rings (SSSR count). The van der Waals surface area contributed by atoms with Gasteiger partial charge in [0.25, 0.3) is 0 Å². The van der Waals surface area contributed by atoms with E-state index in [0.29, 0.717) is 13.2 Å². The quantitative estimate of drug-likeness (QED) is 0.567. The average molecular weight is 484 g/mol. The highest BCUT2D eigenvalue weighted by atomic mass is 79.9. The van der Waals surface area contributed by atoms with Crippen molar-refractivity contribution in [3.05, 3.63) is 50.9 Å². The van der Waals surface area contributed by atoms with Crippen LogP contribution in [0.4, 0.5) is 11.4 Å². The summed E-state index contributed by atoms with van der Waals surface area (Å²) in [5.74, 6) is 0.910. The molecule has 140 valence electrons. The summed E-state index contributed by atoms with van der Waals surface area (Å²) in [6.07, 6.45) is 0.984. The van der Waals surface area contributed by atoms with Crippen molar-refractivity contribution in [2.24, 2.45) is 0 Å². The number of halogens is 2. The first-order valence-electron chi connectivity index (χ1n) is 8.94. The minimum atomic E-state index is 0.702. The summed E-state index contributed by atoms with van der Waals surface area (Å²) in [5, 5.41) is 3.50. The number of rotatable bonds is 7. The zero-order chi connectivity index (χ0) is 18.4. The van der Waals surface area contributed by atoms with E-state index >= 15 is 0 Å². The molecular formula is C20H24Br2N2O2. The summed E-state index contributed by atoms with van der Waals surface area (Å²) in [6, 6.07) is 12.7. The highest BCUT2D eigenvalue weighted by molar-refractivity contribution is 9.11. The number of hydrogen-bond donors (Lipinski definition) is 1. The predicted molar refractivity (Wildman–Crippen MR) is 114 cm³/mol. The number of morpholine rings is 1. The molecule has 2 aromatic rings. The Kier molecular flexibility index (Phi) is 7.23. The van der Waals surface area contributed by atoms with Gasteiger partial charge in [-0.05, 0) is 58.7 Å². The molecule has 6 heteroatoms. The Balaban J connectivity index is 1.66. The van der Waals surface area contributed by atoms with Crippen molar-refractivity contribution < 1.29 is 9.47 Å². The van der Waals surface area contributed by atoms with Crippen LogP contribution >= 0.6 is 31.9 Å². The fraction of sp³-hybridized carbons (Fsp3) is 0.400. The number of ether oxygens (including phenoxy) is 2. The van der Waals surface area contributed by atoms with Crippen molar-refractivity contribution in [1.82, 2.24) is 0 Å². The van der Waals surface area contributed by atoms with Gasteiger partial charge in [0.05, 0.1) is 24.3 Å². The van der Waals surface area contributed by atoms with Crippen LogP contribution in [0.5, 0.6) is 5.75 Å². The molecule has 1 saturated heterocycles. The molecule has 0 aromatic heterocycles. The number of nitrogens with one attached hydrogen (secondary N) is 1. The van der Waals surface area contributed by atoms with Crippen LogP contribution in [-0.4, -0.2) is 32.9 Å². The molecule has 0 amide bonds. The summed E-state index contributed by atoms with van der Waals surface area (Å²) in [6.45, 7) is 7.04. The van der Waals surface area contributed by atoms with Crippen LogP contribution in [0.2, 0.25) is 0 Å². The van der Waals surface area contributed by atoms with Gasteiger partial charge in [-0.2, -0.15) is 0 Å². The first kappa shape index (κ1) is 19.5. The molecule has 0 unspecified atom stereocenters. The van der Waals surface area contributed by atoms with E-state index in [4.69, 9.17) is 9.47 Å². The molecule has 0 saturated carbocycles. The van der Waals surface area contributed by atoms with Crippen molar-refractivity contribution in [3.63, 3.8) is 0 Å². The largest absolute Gasteiger partial charge is 0.492 e. The van der Waals surface area contributed by atoms with Gasteiger partial charge in [-0.15, -0.1) is 0 Å². The van der Waals surface area contributed by atoms with E-state index in [-0.39, 0.29) is 0 Å². The van der Waals surface area contributed by atoms with Crippen molar-refractivity contribution in [2.45, 2.75) is 19.9 Å². The molecule has 0 bridgehead atoms. The summed E-state index contributed by atoms with van der Waals surface area (Å²) in [5.41, 5.74) is 3.47. The van der Waals surface area contributed by atoms with Crippen LogP contribution < -0.4 is 15.0 Å². The Morgan fingerprint density at radius 2 is 1.85 bits per heavy atom. The highest BCUT2D eigenvalue weighted by Crippen LogP contribution is 2.33. The summed E-state index contributed by atoms with van der Waals surface area (Å²) in [7, 11) is 0. The van der Waals surface area contributed by atoms with Gasteiger partial charge >= 0.3 is 0 Å². The standard InChI is InChI=1S/C20H24Br2N2O2/c1-2-9-26-20-15(12-16(21)13-19(20)22)14-23-17-3-5-18(6-4-17)24-7-10-25-11-8-24/h3-6,12-13,23H,2,7-11,14H2,1H3. The summed E-state index contributed by atoms with van der Waals surface area (Å²) < 4.78 is 13.4. The third-order valence-electron chi connectivity index (χ3n) is 4.26. The zero-order valence-electron chi connectivity index (χ0n) is 14.9. The van der Waals surface area contributed by atoms with Crippen molar-refractivity contribution in [1.29, 1.82) is 0 Å². The van der Waals surface area contributed by atoms with Crippen molar-refractivity contribution >= 4 is 43.2 Å². The minimum absolute atomic E-state index is 0.702. The second-order valence-electron chi connectivity index (χ2n) is 6.22. The molecule has 0 spiro atoms. The first-order valence-corrected chi connectivity index (χ1v) is 10.5. The third-order valence-corrected chi connectivity index (χ3v) is 5.31. The van der Waals surface area contributed by atoms with Crippen molar-refractivity contribution in [2.75, 3.05) is 43.1 Å². The van der Waals surface area contributed by atoms with Gasteiger partial charge in [-0.3, -0.25) is 0 Å². The molecule has 1 aliphatic heterocycles. The normalized spacial score (nSPS) is 14.3. The molecule has 0 atom stereocenters. The van der Waals surface area contributed by atoms with E-state index in [1.165, 1.54) is 5.69 Å². The van der Waals surface area contributed by atoms with Crippen LogP contribution in [0, 0.1) is 0 Å². The fourth-order valence-corrected chi connectivity index (χ4v) is 4.35. The first-order chi connectivity index (χ1) is 12.7. The number of nitrogens with zero attached hydrogens (tertiary/aromatic N) is 1. The van der Waals surface area contributed by atoms with E-state index in [1.807, 2.05) is 6.07 Å². The van der Waals surface area contributed by atoms with Crippen LogP contribution in [0.1, 0.15) is 18.9 Å². The van der Waals surface area contributed by atoms with E-state index < -0.39 is 0 Å². The van der Waals surface area contributed by atoms with Gasteiger partial charge in [0, 0.05) is 41.0 Å². The second-order valence-corrected chi connectivity index (χ2v) is 7.99. The average Bonchev–Trinajstić information content (AvgIpc) is 2.66. The number of anilines is 2. The maximum Gasteiger partial charge on any atom is 0.138 e. The van der Waals surface area contributed by atoms with E-state index in [0.717, 1.165) is 58.7 Å². The maximum absolute atomic E-state index is 5.93. The summed E-state index contributed by atoms with van der Waals surface area (Å²) in [4.78, 5) is 2.36. The Hall–Kier alpha value is -1.24. The molecule has 4 nitrogen and oxygen atoms in total. The van der Waals surface area contributed by atoms with Gasteiger partial charge in [0.2, 0.25) is 0 Å². The molecule has 2 aromatic carbocycles. The molecule has 0 radical (unpaired) electrons. The maximum atomic E-state index is 5.93. The molecule has 1 fully saturated rings. The Bertz CT molecular complexity index is 716. The fourth-order valence-electron chi connectivity index (χ4n) is 2.92. The Labute approximate surface area is 172 Å². The molecule has 1 N–H and O–H groups in total. The lowest BCUT2D eigenvalue weighted by Gasteiger charge is -2.29. The third kappa shape index (κ3) is 5.15. The van der Waals surface area contributed by atoms with Crippen LogP contribution in [0.15, 0.2) is 45.3 Å². The monoisotopic (exact) mass is 482 g/mol. The molecule has 0 aliphatic carbocycles. The molecule has 1 heterocycles. The van der Waals surface area contributed by atoms with Gasteiger partial charge < -0.3 is 19.7 Å². The van der Waals surface area contributed by atoms with Crippen LogP contribution in [0.3, 0.4) is 0 Å². The summed E-state index contributed by atoms with van der Waals surface area (Å²) >= 11 is 7.18. The van der Waals surface area contributed by atoms with Gasteiger partial charge in [-0.25, -0.2) is 0 Å². The van der Waals surface area contributed by atoms with Gasteiger partial charge in [-0.1, -0.05) is 22.9 Å². The van der Waals surface area contributed by atoms with Gasteiger partial charge in [0.1, 0.15) is 5.75 Å². The van der Waals surface area contributed by atoms with Crippen LogP contribution in [-0.2, 0) is 11.3 Å². The second kappa shape index (κ2) is 9.62. The van der Waals surface area contributed by atoms with E-state index in [1.54, 1.807) is 0 Å². The smallest absolute Gasteiger partial charge is 0.138 e. The number of benzene rings is 2. The van der Waals surface area contributed by atoms with E-state index in [9.17, 15) is 0 Å².